The summed E-state index contributed by atoms with van der Waals surface area (Å²) in [5.74, 6) is 0. The molecule has 0 aliphatic heterocycles. The van der Waals surface area contributed by atoms with Gasteiger partial charge in [0.25, 0.3) is 0 Å². The van der Waals surface area contributed by atoms with Crippen molar-refractivity contribution in [3.63, 3.8) is 0 Å². The van der Waals surface area contributed by atoms with Gasteiger partial charge >= 0.3 is 0 Å². The van der Waals surface area contributed by atoms with Crippen LogP contribution in [-0.4, -0.2) is 19.8 Å². The minimum atomic E-state index is 0.347. The van der Waals surface area contributed by atoms with Gasteiger partial charge in [0.1, 0.15) is 0 Å². The first-order valence-corrected chi connectivity index (χ1v) is 6.78. The zero-order valence-corrected chi connectivity index (χ0v) is 11.5. The molecule has 0 saturated heterocycles. The molecule has 1 unspecified atom stereocenters. The molecule has 1 N–H and O–H groups in total. The Morgan fingerprint density at radius 1 is 1.57 bits per heavy atom. The number of rotatable bonds is 6. The molecule has 0 saturated carbocycles. The van der Waals surface area contributed by atoms with Crippen LogP contribution in [-0.2, 0) is 4.74 Å². The number of nitrogens with one attached hydrogen (secondary N) is 1. The lowest BCUT2D eigenvalue weighted by Crippen LogP contribution is -2.24. The average Bonchev–Trinajstić information content (AvgIpc) is 2.59. The van der Waals surface area contributed by atoms with Crippen LogP contribution in [0.15, 0.2) is 11.4 Å². The molecule has 0 radical (unpaired) electrons. The summed E-state index contributed by atoms with van der Waals surface area (Å²) in [6.45, 7) is 6.67. The van der Waals surface area contributed by atoms with E-state index >= 15 is 0 Å². The molecular formula is C10H16INOS. The van der Waals surface area contributed by atoms with Crippen LogP contribution < -0.4 is 5.32 Å². The molecule has 0 amide bonds. The molecule has 2 nitrogen and oxygen atoms in total. The van der Waals surface area contributed by atoms with E-state index < -0.39 is 0 Å². The minimum Gasteiger partial charge on any atom is -0.380 e. The number of likely N-dealkylation sites (N-methyl/N-ethyl adjacent to an activating group) is 1. The Hall–Kier alpha value is 0.350. The molecule has 0 spiro atoms. The van der Waals surface area contributed by atoms with Gasteiger partial charge in [-0.05, 0) is 53.1 Å². The molecule has 14 heavy (non-hydrogen) atoms. The zero-order chi connectivity index (χ0) is 10.4. The fourth-order valence-corrected chi connectivity index (χ4v) is 2.69. The normalized spacial score (nSPS) is 13.1. The monoisotopic (exact) mass is 325 g/mol. The van der Waals surface area contributed by atoms with E-state index in [9.17, 15) is 0 Å². The molecule has 0 fully saturated rings. The third-order valence-electron chi connectivity index (χ3n) is 1.93. The van der Waals surface area contributed by atoms with Crippen LogP contribution in [0.3, 0.4) is 0 Å². The van der Waals surface area contributed by atoms with Gasteiger partial charge in [0, 0.05) is 6.61 Å². The van der Waals surface area contributed by atoms with Gasteiger partial charge in [-0.25, -0.2) is 0 Å². The highest BCUT2D eigenvalue weighted by molar-refractivity contribution is 14.1. The summed E-state index contributed by atoms with van der Waals surface area (Å²) in [7, 11) is 0. The number of halogens is 1. The van der Waals surface area contributed by atoms with Crippen LogP contribution in [0.1, 0.15) is 25.5 Å². The summed E-state index contributed by atoms with van der Waals surface area (Å²) < 4.78 is 6.78. The molecule has 0 aliphatic carbocycles. The van der Waals surface area contributed by atoms with Gasteiger partial charge in [0.2, 0.25) is 0 Å². The first-order valence-electron chi connectivity index (χ1n) is 4.83. The third kappa shape index (κ3) is 3.84. The maximum Gasteiger partial charge on any atom is 0.0661 e. The van der Waals surface area contributed by atoms with E-state index in [1.807, 2.05) is 6.92 Å². The van der Waals surface area contributed by atoms with Crippen molar-refractivity contribution in [1.82, 2.24) is 5.32 Å². The second-order valence-corrected chi connectivity index (χ2v) is 5.76. The van der Waals surface area contributed by atoms with Crippen LogP contribution in [0.4, 0.5) is 0 Å². The third-order valence-corrected chi connectivity index (χ3v) is 3.74. The summed E-state index contributed by atoms with van der Waals surface area (Å²) in [6, 6.07) is 2.57. The molecule has 1 aromatic rings. The van der Waals surface area contributed by atoms with Gasteiger partial charge in [-0.1, -0.05) is 6.92 Å². The van der Waals surface area contributed by atoms with Gasteiger partial charge in [0.05, 0.1) is 15.5 Å². The Balaban J connectivity index is 2.57. The van der Waals surface area contributed by atoms with Crippen molar-refractivity contribution in [3.05, 3.63) is 19.9 Å². The Morgan fingerprint density at radius 2 is 2.36 bits per heavy atom. The van der Waals surface area contributed by atoms with E-state index in [1.54, 1.807) is 11.3 Å². The summed E-state index contributed by atoms with van der Waals surface area (Å²) in [5.41, 5.74) is 1.34. The fourth-order valence-electron chi connectivity index (χ4n) is 1.26. The van der Waals surface area contributed by atoms with Gasteiger partial charge in [-0.15, -0.1) is 11.3 Å². The standard InChI is InChI=1S/C10H16INOS/c1-3-12-9(6-13-4-2)8-5-10(11)14-7-8/h5,7,9,12H,3-4,6H2,1-2H3. The van der Waals surface area contributed by atoms with E-state index in [4.69, 9.17) is 4.74 Å². The van der Waals surface area contributed by atoms with Crippen LogP contribution in [0.25, 0.3) is 0 Å². The predicted molar refractivity (Wildman–Crippen MR) is 69.9 cm³/mol. The van der Waals surface area contributed by atoms with Crippen molar-refractivity contribution in [3.8, 4) is 0 Å². The Labute approximate surface area is 103 Å². The summed E-state index contributed by atoms with van der Waals surface area (Å²) in [5, 5.41) is 5.63. The lowest BCUT2D eigenvalue weighted by atomic mass is 10.1. The van der Waals surface area contributed by atoms with Crippen LogP contribution in [0, 0.1) is 2.88 Å². The van der Waals surface area contributed by atoms with Gasteiger partial charge in [-0.2, -0.15) is 0 Å². The number of ether oxygens (including phenoxy) is 1. The van der Waals surface area contributed by atoms with Crippen LogP contribution in [0.5, 0.6) is 0 Å². The first kappa shape index (κ1) is 12.4. The first-order chi connectivity index (χ1) is 6.77. The minimum absolute atomic E-state index is 0.347. The van der Waals surface area contributed by atoms with Gasteiger partial charge < -0.3 is 10.1 Å². The van der Waals surface area contributed by atoms with Crippen molar-refractivity contribution in [1.29, 1.82) is 0 Å². The molecule has 1 atom stereocenters. The summed E-state index contributed by atoms with van der Waals surface area (Å²) in [6.07, 6.45) is 0. The highest BCUT2D eigenvalue weighted by atomic mass is 127. The van der Waals surface area contributed by atoms with Crippen molar-refractivity contribution < 1.29 is 4.74 Å². The highest BCUT2D eigenvalue weighted by Gasteiger charge is 2.11. The van der Waals surface area contributed by atoms with Crippen LogP contribution in [0.2, 0.25) is 0 Å². The summed E-state index contributed by atoms with van der Waals surface area (Å²) in [4.78, 5) is 0. The number of hydrogen-bond acceptors (Lipinski definition) is 3. The van der Waals surface area contributed by atoms with E-state index in [-0.39, 0.29) is 0 Å². The van der Waals surface area contributed by atoms with E-state index in [1.165, 1.54) is 8.45 Å². The van der Waals surface area contributed by atoms with Crippen molar-refractivity contribution in [2.24, 2.45) is 0 Å². The molecular weight excluding hydrogens is 309 g/mol. The predicted octanol–water partition coefficient (Wildman–Crippen LogP) is 3.04. The Bertz CT molecular complexity index is 264. The molecule has 1 rings (SSSR count). The van der Waals surface area contributed by atoms with E-state index in [2.05, 4.69) is 46.3 Å². The van der Waals surface area contributed by atoms with Gasteiger partial charge in [0.15, 0.2) is 0 Å². The molecule has 1 heterocycles. The maximum absolute atomic E-state index is 5.45. The van der Waals surface area contributed by atoms with Gasteiger partial charge in [-0.3, -0.25) is 0 Å². The van der Waals surface area contributed by atoms with Crippen molar-refractivity contribution in [2.45, 2.75) is 19.9 Å². The van der Waals surface area contributed by atoms with Crippen molar-refractivity contribution in [2.75, 3.05) is 19.8 Å². The summed E-state index contributed by atoms with van der Waals surface area (Å²) >= 11 is 4.13. The second kappa shape index (κ2) is 6.76. The number of hydrogen-bond donors (Lipinski definition) is 1. The second-order valence-electron chi connectivity index (χ2n) is 2.95. The molecule has 0 bridgehead atoms. The molecule has 0 aliphatic rings. The number of thiophene rings is 1. The SMILES string of the molecule is CCNC(COCC)c1csc(I)c1. The largest absolute Gasteiger partial charge is 0.380 e. The Kier molecular flexibility index (Phi) is 6.00. The molecule has 1 aromatic heterocycles. The Morgan fingerprint density at radius 3 is 2.86 bits per heavy atom. The maximum atomic E-state index is 5.45. The van der Waals surface area contributed by atoms with Crippen molar-refractivity contribution >= 4 is 33.9 Å². The van der Waals surface area contributed by atoms with E-state index in [0.717, 1.165) is 19.8 Å². The van der Waals surface area contributed by atoms with Crippen LogP contribution >= 0.6 is 33.9 Å². The topological polar surface area (TPSA) is 21.3 Å². The highest BCUT2D eigenvalue weighted by Crippen LogP contribution is 2.22. The average molecular weight is 325 g/mol. The fraction of sp³-hybridized carbons (Fsp3) is 0.600. The molecule has 80 valence electrons. The smallest absolute Gasteiger partial charge is 0.0661 e. The molecule has 0 aromatic carbocycles. The molecule has 4 heteroatoms. The lowest BCUT2D eigenvalue weighted by molar-refractivity contribution is 0.123. The lowest BCUT2D eigenvalue weighted by Gasteiger charge is -2.16. The van der Waals surface area contributed by atoms with E-state index in [0.29, 0.717) is 6.04 Å². The zero-order valence-electron chi connectivity index (χ0n) is 8.55. The quantitative estimate of drug-likeness (QED) is 0.812.